The zero-order chi connectivity index (χ0) is 14.5. The van der Waals surface area contributed by atoms with Crippen molar-refractivity contribution >= 4 is 33.4 Å². The fourth-order valence-corrected chi connectivity index (χ4v) is 2.57. The number of benzene rings is 1. The molecule has 108 valence electrons. The van der Waals surface area contributed by atoms with Crippen LogP contribution in [0.4, 0.5) is 5.69 Å². The topological polar surface area (TPSA) is 84.2 Å². The van der Waals surface area contributed by atoms with E-state index in [2.05, 4.69) is 26.6 Å². The maximum Gasteiger partial charge on any atom is 0.243 e. The molecule has 0 radical (unpaired) electrons. The number of rotatable bonds is 4. The summed E-state index contributed by atoms with van der Waals surface area (Å²) in [5, 5.41) is 5.39. The third kappa shape index (κ3) is 4.31. The second-order valence-corrected chi connectivity index (χ2v) is 5.96. The van der Waals surface area contributed by atoms with Crippen molar-refractivity contribution in [1.82, 2.24) is 5.32 Å². The van der Waals surface area contributed by atoms with Gasteiger partial charge in [-0.2, -0.15) is 0 Å². The molecule has 1 aromatic rings. The van der Waals surface area contributed by atoms with E-state index in [0.29, 0.717) is 12.1 Å². The van der Waals surface area contributed by atoms with Crippen LogP contribution in [-0.2, 0) is 9.59 Å². The molecule has 20 heavy (non-hydrogen) atoms. The predicted molar refractivity (Wildman–Crippen MR) is 81.1 cm³/mol. The lowest BCUT2D eigenvalue weighted by atomic mass is 10.1. The molecule has 2 rings (SSSR count). The van der Waals surface area contributed by atoms with Gasteiger partial charge in [0.15, 0.2) is 0 Å². The molecule has 6 heteroatoms. The highest BCUT2D eigenvalue weighted by Crippen LogP contribution is 2.23. The number of hydrogen-bond acceptors (Lipinski definition) is 3. The maximum atomic E-state index is 11.8. The molecule has 1 saturated carbocycles. The molecule has 0 aromatic heterocycles. The molecule has 0 spiro atoms. The first-order chi connectivity index (χ1) is 9.54. The average Bonchev–Trinajstić information content (AvgIpc) is 2.85. The summed E-state index contributed by atoms with van der Waals surface area (Å²) in [5.41, 5.74) is 6.47. The Morgan fingerprint density at radius 1 is 1.25 bits per heavy atom. The van der Waals surface area contributed by atoms with Gasteiger partial charge < -0.3 is 16.4 Å². The normalized spacial score (nSPS) is 21.5. The molecule has 0 heterocycles. The maximum absolute atomic E-state index is 11.8. The van der Waals surface area contributed by atoms with E-state index in [0.717, 1.165) is 17.3 Å². The number of carbonyl (C=O) groups is 2. The number of amides is 2. The van der Waals surface area contributed by atoms with Gasteiger partial charge in [0.25, 0.3) is 0 Å². The van der Waals surface area contributed by atoms with Gasteiger partial charge in [-0.3, -0.25) is 9.59 Å². The highest BCUT2D eigenvalue weighted by molar-refractivity contribution is 9.10. The van der Waals surface area contributed by atoms with Gasteiger partial charge in [-0.25, -0.2) is 0 Å². The number of nitrogens with two attached hydrogens (primary N) is 1. The third-order valence-electron chi connectivity index (χ3n) is 3.40. The molecule has 0 aliphatic heterocycles. The summed E-state index contributed by atoms with van der Waals surface area (Å²) in [6, 6.07) is 7.38. The van der Waals surface area contributed by atoms with Gasteiger partial charge in [0.2, 0.25) is 11.8 Å². The van der Waals surface area contributed by atoms with E-state index in [9.17, 15) is 9.59 Å². The largest absolute Gasteiger partial charge is 0.347 e. The van der Waals surface area contributed by atoms with Gasteiger partial charge in [-0.05, 0) is 43.5 Å². The minimum Gasteiger partial charge on any atom is -0.347 e. The summed E-state index contributed by atoms with van der Waals surface area (Å²) in [4.78, 5) is 23.6. The van der Waals surface area contributed by atoms with Crippen molar-refractivity contribution in [3.05, 3.63) is 28.7 Å². The predicted octanol–water partition coefficient (Wildman–Crippen LogP) is 1.63. The molecule has 2 unspecified atom stereocenters. The molecule has 4 N–H and O–H groups in total. The Labute approximate surface area is 126 Å². The second kappa shape index (κ2) is 6.85. The Kier molecular flexibility index (Phi) is 5.14. The van der Waals surface area contributed by atoms with Crippen molar-refractivity contribution in [3.8, 4) is 0 Å². The van der Waals surface area contributed by atoms with Crippen LogP contribution < -0.4 is 16.4 Å². The summed E-state index contributed by atoms with van der Waals surface area (Å²) < 4.78 is 0.946. The molecule has 1 aliphatic rings. The zero-order valence-corrected chi connectivity index (χ0v) is 12.7. The van der Waals surface area contributed by atoms with Gasteiger partial charge in [0.1, 0.15) is 0 Å². The van der Waals surface area contributed by atoms with E-state index in [1.807, 2.05) is 12.1 Å². The Bertz CT molecular complexity index is 490. The van der Waals surface area contributed by atoms with Gasteiger partial charge in [-0.15, -0.1) is 0 Å². The highest BCUT2D eigenvalue weighted by atomic mass is 79.9. The molecule has 1 fully saturated rings. The SMILES string of the molecule is NC1CCC(C(=O)NCC(=O)Nc2ccc(Br)cc2)C1. The van der Waals surface area contributed by atoms with Crippen molar-refractivity contribution in [2.24, 2.45) is 11.7 Å². The molecule has 2 atom stereocenters. The van der Waals surface area contributed by atoms with Crippen LogP contribution in [0.2, 0.25) is 0 Å². The summed E-state index contributed by atoms with van der Waals surface area (Å²) >= 11 is 3.32. The number of nitrogens with one attached hydrogen (secondary N) is 2. The lowest BCUT2D eigenvalue weighted by Crippen LogP contribution is -2.36. The standard InChI is InChI=1S/C14H18BrN3O2/c15-10-2-5-12(6-3-10)18-13(19)8-17-14(20)9-1-4-11(16)7-9/h2-3,5-6,9,11H,1,4,7-8,16H2,(H,17,20)(H,18,19). The van der Waals surface area contributed by atoms with Gasteiger partial charge >= 0.3 is 0 Å². The molecule has 0 bridgehead atoms. The van der Waals surface area contributed by atoms with Crippen LogP contribution in [-0.4, -0.2) is 24.4 Å². The van der Waals surface area contributed by atoms with Crippen molar-refractivity contribution in [3.63, 3.8) is 0 Å². The fourth-order valence-electron chi connectivity index (χ4n) is 2.30. The van der Waals surface area contributed by atoms with Gasteiger partial charge in [-0.1, -0.05) is 15.9 Å². The molecule has 2 amide bonds. The van der Waals surface area contributed by atoms with E-state index >= 15 is 0 Å². The Morgan fingerprint density at radius 3 is 2.55 bits per heavy atom. The fraction of sp³-hybridized carbons (Fsp3) is 0.429. The molecule has 1 aliphatic carbocycles. The first-order valence-corrected chi connectivity index (χ1v) is 7.42. The van der Waals surface area contributed by atoms with E-state index in [4.69, 9.17) is 5.73 Å². The van der Waals surface area contributed by atoms with Crippen LogP contribution in [0.3, 0.4) is 0 Å². The second-order valence-electron chi connectivity index (χ2n) is 5.04. The minimum absolute atomic E-state index is 0.0133. The first kappa shape index (κ1) is 15.0. The molecular weight excluding hydrogens is 322 g/mol. The molecule has 5 nitrogen and oxygen atoms in total. The molecule has 0 saturated heterocycles. The number of carbonyl (C=O) groups excluding carboxylic acids is 2. The van der Waals surface area contributed by atoms with E-state index in [-0.39, 0.29) is 30.3 Å². The summed E-state index contributed by atoms with van der Waals surface area (Å²) in [6.45, 7) is -0.0133. The lowest BCUT2D eigenvalue weighted by Gasteiger charge is -2.11. The number of halogens is 1. The van der Waals surface area contributed by atoms with Crippen LogP contribution in [0.25, 0.3) is 0 Å². The van der Waals surface area contributed by atoms with Crippen molar-refractivity contribution in [1.29, 1.82) is 0 Å². The van der Waals surface area contributed by atoms with E-state index in [1.54, 1.807) is 12.1 Å². The zero-order valence-electron chi connectivity index (χ0n) is 11.1. The Balaban J connectivity index is 1.75. The summed E-state index contributed by atoms with van der Waals surface area (Å²) in [6.07, 6.45) is 2.39. The van der Waals surface area contributed by atoms with Crippen LogP contribution >= 0.6 is 15.9 Å². The number of hydrogen-bond donors (Lipinski definition) is 3. The van der Waals surface area contributed by atoms with E-state index < -0.39 is 0 Å². The lowest BCUT2D eigenvalue weighted by molar-refractivity contribution is -0.127. The third-order valence-corrected chi connectivity index (χ3v) is 3.92. The Hall–Kier alpha value is -1.40. The van der Waals surface area contributed by atoms with Crippen molar-refractivity contribution in [2.75, 3.05) is 11.9 Å². The van der Waals surface area contributed by atoms with Gasteiger partial charge in [0.05, 0.1) is 6.54 Å². The van der Waals surface area contributed by atoms with Crippen LogP contribution in [0.15, 0.2) is 28.7 Å². The average molecular weight is 340 g/mol. The molecular formula is C14H18BrN3O2. The minimum atomic E-state index is -0.233. The first-order valence-electron chi connectivity index (χ1n) is 6.63. The van der Waals surface area contributed by atoms with Crippen LogP contribution in [0.5, 0.6) is 0 Å². The number of anilines is 1. The van der Waals surface area contributed by atoms with Crippen LogP contribution in [0.1, 0.15) is 19.3 Å². The smallest absolute Gasteiger partial charge is 0.243 e. The van der Waals surface area contributed by atoms with Crippen molar-refractivity contribution in [2.45, 2.75) is 25.3 Å². The van der Waals surface area contributed by atoms with Gasteiger partial charge in [0, 0.05) is 22.1 Å². The highest BCUT2D eigenvalue weighted by Gasteiger charge is 2.27. The van der Waals surface area contributed by atoms with E-state index in [1.165, 1.54) is 0 Å². The molecule has 1 aromatic carbocycles. The monoisotopic (exact) mass is 339 g/mol. The quantitative estimate of drug-likeness (QED) is 0.779. The van der Waals surface area contributed by atoms with Crippen molar-refractivity contribution < 1.29 is 9.59 Å². The summed E-state index contributed by atoms with van der Waals surface area (Å²) in [5.74, 6) is -0.364. The summed E-state index contributed by atoms with van der Waals surface area (Å²) in [7, 11) is 0. The van der Waals surface area contributed by atoms with Crippen LogP contribution in [0, 0.1) is 5.92 Å². The Morgan fingerprint density at radius 2 is 1.95 bits per heavy atom.